The molecule has 1 aliphatic heterocycles. The summed E-state index contributed by atoms with van der Waals surface area (Å²) in [6, 6.07) is 4.53. The summed E-state index contributed by atoms with van der Waals surface area (Å²) in [5.74, 6) is 0.119. The lowest BCUT2D eigenvalue weighted by molar-refractivity contribution is 0.136. The molecule has 0 bridgehead atoms. The van der Waals surface area contributed by atoms with Crippen LogP contribution >= 0.6 is 0 Å². The molecule has 1 fully saturated rings. The number of hydrogen-bond acceptors (Lipinski definition) is 4. The summed E-state index contributed by atoms with van der Waals surface area (Å²) < 4.78 is 0. The first-order valence-electron chi connectivity index (χ1n) is 8.05. The number of nitrogens with zero attached hydrogens (tertiary/aromatic N) is 2. The normalized spacial score (nSPS) is 15.6. The largest absolute Gasteiger partial charge is 0.508 e. The van der Waals surface area contributed by atoms with Gasteiger partial charge >= 0.3 is 6.03 Å². The highest BCUT2D eigenvalue weighted by Crippen LogP contribution is 2.21. The molecule has 3 N–H and O–H groups in total. The minimum Gasteiger partial charge on any atom is -0.508 e. The van der Waals surface area contributed by atoms with E-state index in [9.17, 15) is 15.0 Å². The van der Waals surface area contributed by atoms with Crippen LogP contribution in [0.15, 0.2) is 42.5 Å². The van der Waals surface area contributed by atoms with E-state index in [0.29, 0.717) is 26.2 Å². The average Bonchev–Trinajstić information content (AvgIpc) is 2.52. The van der Waals surface area contributed by atoms with Gasteiger partial charge in [-0.2, -0.15) is 0 Å². The van der Waals surface area contributed by atoms with E-state index in [-0.39, 0.29) is 17.5 Å². The van der Waals surface area contributed by atoms with Crippen LogP contribution in [-0.2, 0) is 6.54 Å². The third-order valence-electron chi connectivity index (χ3n) is 3.90. The van der Waals surface area contributed by atoms with Crippen molar-refractivity contribution in [3.63, 3.8) is 0 Å². The highest BCUT2D eigenvalue weighted by Gasteiger charge is 2.21. The summed E-state index contributed by atoms with van der Waals surface area (Å²) >= 11 is 0. The molecule has 6 heteroatoms. The zero-order valence-corrected chi connectivity index (χ0v) is 14.0. The van der Waals surface area contributed by atoms with Crippen molar-refractivity contribution < 1.29 is 15.0 Å². The molecule has 0 radical (unpaired) electrons. The number of piperazine rings is 1. The second kappa shape index (κ2) is 8.40. The molecule has 130 valence electrons. The number of phenols is 2. The molecule has 1 heterocycles. The number of amides is 2. The maximum Gasteiger partial charge on any atom is 0.317 e. The van der Waals surface area contributed by atoms with Crippen molar-refractivity contribution >= 4 is 6.03 Å². The van der Waals surface area contributed by atoms with E-state index >= 15 is 0 Å². The van der Waals surface area contributed by atoms with Crippen molar-refractivity contribution in [2.45, 2.75) is 13.5 Å². The van der Waals surface area contributed by atoms with Crippen LogP contribution in [0, 0.1) is 0 Å². The zero-order chi connectivity index (χ0) is 17.5. The Bertz CT molecular complexity index is 600. The van der Waals surface area contributed by atoms with Crippen LogP contribution in [0.4, 0.5) is 4.79 Å². The number of urea groups is 1. The lowest BCUT2D eigenvalue weighted by Crippen LogP contribution is -2.51. The van der Waals surface area contributed by atoms with Crippen molar-refractivity contribution in [2.75, 3.05) is 32.7 Å². The molecule has 1 aromatic carbocycles. The van der Waals surface area contributed by atoms with Gasteiger partial charge in [-0.05, 0) is 30.2 Å². The lowest BCUT2D eigenvalue weighted by Gasteiger charge is -2.34. The van der Waals surface area contributed by atoms with E-state index in [1.54, 1.807) is 17.0 Å². The van der Waals surface area contributed by atoms with Crippen LogP contribution in [0.3, 0.4) is 0 Å². The quantitative estimate of drug-likeness (QED) is 0.722. The van der Waals surface area contributed by atoms with Gasteiger partial charge in [0.1, 0.15) is 11.5 Å². The van der Waals surface area contributed by atoms with Gasteiger partial charge in [0, 0.05) is 45.3 Å². The predicted octanol–water partition coefficient (Wildman–Crippen LogP) is 2.06. The highest BCUT2D eigenvalue weighted by atomic mass is 16.3. The number of benzene rings is 1. The van der Waals surface area contributed by atoms with Gasteiger partial charge in [0.05, 0.1) is 0 Å². The average molecular weight is 331 g/mol. The van der Waals surface area contributed by atoms with E-state index in [1.165, 1.54) is 6.07 Å². The molecule has 0 aromatic heterocycles. The third-order valence-corrected chi connectivity index (χ3v) is 3.90. The first-order chi connectivity index (χ1) is 11.5. The molecule has 1 saturated heterocycles. The van der Waals surface area contributed by atoms with Crippen LogP contribution in [0.25, 0.3) is 0 Å². The number of carbonyl (C=O) groups is 1. The number of rotatable bonds is 5. The van der Waals surface area contributed by atoms with Crippen molar-refractivity contribution in [2.24, 2.45) is 0 Å². The standard InChI is InChI=1S/C18H25N3O3/c1-3-4-14(2)12-19-18(24)21-7-5-20(6-8-21)13-15-9-16(22)11-17(23)10-15/h3-4,9-11,22-23H,2,5-8,12-13H2,1H3,(H,19,24). The van der Waals surface area contributed by atoms with Crippen LogP contribution < -0.4 is 5.32 Å². The Kier molecular flexibility index (Phi) is 6.26. The van der Waals surface area contributed by atoms with E-state index in [2.05, 4.69) is 16.8 Å². The zero-order valence-electron chi connectivity index (χ0n) is 14.0. The van der Waals surface area contributed by atoms with Gasteiger partial charge < -0.3 is 20.4 Å². The first kappa shape index (κ1) is 17.9. The highest BCUT2D eigenvalue weighted by molar-refractivity contribution is 5.74. The van der Waals surface area contributed by atoms with E-state index in [4.69, 9.17) is 0 Å². The van der Waals surface area contributed by atoms with Crippen molar-refractivity contribution in [3.8, 4) is 11.5 Å². The topological polar surface area (TPSA) is 76.0 Å². The third kappa shape index (κ3) is 5.31. The van der Waals surface area contributed by atoms with Crippen LogP contribution in [0.1, 0.15) is 12.5 Å². The fraction of sp³-hybridized carbons (Fsp3) is 0.389. The number of phenolic OH excluding ortho intramolecular Hbond substituents is 2. The minimum absolute atomic E-state index is 0.0596. The molecular formula is C18H25N3O3. The molecule has 1 aromatic rings. The van der Waals surface area contributed by atoms with Crippen LogP contribution in [0.2, 0.25) is 0 Å². The van der Waals surface area contributed by atoms with E-state index < -0.39 is 0 Å². The molecule has 6 nitrogen and oxygen atoms in total. The Morgan fingerprint density at radius 3 is 2.42 bits per heavy atom. The number of nitrogens with one attached hydrogen (secondary N) is 1. The van der Waals surface area contributed by atoms with Crippen molar-refractivity contribution in [3.05, 3.63) is 48.1 Å². The molecule has 1 aliphatic rings. The number of carbonyl (C=O) groups excluding carboxylic acids is 1. The summed E-state index contributed by atoms with van der Waals surface area (Å²) in [5.41, 5.74) is 1.72. The van der Waals surface area contributed by atoms with Gasteiger partial charge in [-0.1, -0.05) is 18.7 Å². The van der Waals surface area contributed by atoms with Crippen molar-refractivity contribution in [1.82, 2.24) is 15.1 Å². The van der Waals surface area contributed by atoms with Gasteiger partial charge in [0.25, 0.3) is 0 Å². The number of allylic oxidation sites excluding steroid dienone is 1. The van der Waals surface area contributed by atoms with Crippen LogP contribution in [0.5, 0.6) is 11.5 Å². The Balaban J connectivity index is 1.78. The van der Waals surface area contributed by atoms with Gasteiger partial charge in [0.2, 0.25) is 0 Å². The summed E-state index contributed by atoms with van der Waals surface area (Å²) in [5, 5.41) is 21.9. The molecule has 0 spiro atoms. The van der Waals surface area contributed by atoms with Crippen molar-refractivity contribution in [1.29, 1.82) is 0 Å². The number of hydrogen-bond donors (Lipinski definition) is 3. The van der Waals surface area contributed by atoms with E-state index in [1.807, 2.05) is 19.1 Å². The fourth-order valence-electron chi connectivity index (χ4n) is 2.71. The SMILES string of the molecule is C=C(C=CC)CNC(=O)N1CCN(Cc2cc(O)cc(O)c2)CC1. The lowest BCUT2D eigenvalue weighted by atomic mass is 10.1. The molecule has 2 rings (SSSR count). The van der Waals surface area contributed by atoms with Gasteiger partial charge in [-0.15, -0.1) is 0 Å². The monoisotopic (exact) mass is 331 g/mol. The first-order valence-corrected chi connectivity index (χ1v) is 8.05. The Morgan fingerprint density at radius 1 is 1.21 bits per heavy atom. The molecule has 24 heavy (non-hydrogen) atoms. The molecule has 0 saturated carbocycles. The maximum absolute atomic E-state index is 12.1. The van der Waals surface area contributed by atoms with Gasteiger partial charge in [0.15, 0.2) is 0 Å². The molecule has 0 aliphatic carbocycles. The Labute approximate surface area is 142 Å². The molecule has 2 amide bonds. The van der Waals surface area contributed by atoms with Crippen LogP contribution in [-0.4, -0.2) is 58.8 Å². The second-order valence-electron chi connectivity index (χ2n) is 5.94. The fourth-order valence-corrected chi connectivity index (χ4v) is 2.71. The minimum atomic E-state index is -0.0738. The maximum atomic E-state index is 12.1. The molecule has 0 atom stereocenters. The summed E-state index contributed by atoms with van der Waals surface area (Å²) in [7, 11) is 0. The Hall–Kier alpha value is -2.47. The molecular weight excluding hydrogens is 306 g/mol. The smallest absolute Gasteiger partial charge is 0.317 e. The Morgan fingerprint density at radius 2 is 1.83 bits per heavy atom. The van der Waals surface area contributed by atoms with E-state index in [0.717, 1.165) is 24.2 Å². The molecule has 0 unspecified atom stereocenters. The number of aromatic hydroxyl groups is 2. The van der Waals surface area contributed by atoms with Gasteiger partial charge in [-0.25, -0.2) is 4.79 Å². The predicted molar refractivity (Wildman–Crippen MR) is 94.0 cm³/mol. The summed E-state index contributed by atoms with van der Waals surface area (Å²) in [4.78, 5) is 16.1. The summed E-state index contributed by atoms with van der Waals surface area (Å²) in [6.07, 6.45) is 3.77. The second-order valence-corrected chi connectivity index (χ2v) is 5.94. The van der Waals surface area contributed by atoms with Gasteiger partial charge in [-0.3, -0.25) is 4.90 Å². The summed E-state index contributed by atoms with van der Waals surface area (Å²) in [6.45, 7) is 9.66.